The van der Waals surface area contributed by atoms with E-state index in [1.807, 2.05) is 25.1 Å². The Hall–Kier alpha value is -2.68. The van der Waals surface area contributed by atoms with Crippen molar-refractivity contribution in [2.24, 2.45) is 0 Å². The van der Waals surface area contributed by atoms with E-state index in [0.29, 0.717) is 12.8 Å². The number of fused-ring (bicyclic) bond motifs is 1. The Bertz CT molecular complexity index is 837. The first kappa shape index (κ1) is 16.2. The average Bonchev–Trinajstić information content (AvgIpc) is 2.60. The third-order valence-corrected chi connectivity index (χ3v) is 4.25. The highest BCUT2D eigenvalue weighted by atomic mass is 19.1. The van der Waals surface area contributed by atoms with Gasteiger partial charge in [0.2, 0.25) is 5.91 Å². The Morgan fingerprint density at radius 3 is 2.50 bits per heavy atom. The number of hydrogen-bond donors (Lipinski definition) is 1. The van der Waals surface area contributed by atoms with Gasteiger partial charge in [0.15, 0.2) is 0 Å². The molecule has 3 rings (SSSR count). The van der Waals surface area contributed by atoms with Crippen LogP contribution in [0.1, 0.15) is 30.5 Å². The molecule has 0 aliphatic carbocycles. The van der Waals surface area contributed by atoms with Crippen LogP contribution in [0.25, 0.3) is 10.8 Å². The summed E-state index contributed by atoms with van der Waals surface area (Å²) in [5.74, 6) is -0.270. The van der Waals surface area contributed by atoms with Crippen LogP contribution in [-0.4, -0.2) is 5.91 Å². The van der Waals surface area contributed by atoms with Crippen LogP contribution in [0.3, 0.4) is 0 Å². The van der Waals surface area contributed by atoms with Crippen molar-refractivity contribution in [2.75, 3.05) is 0 Å². The second kappa shape index (κ2) is 7.26. The lowest BCUT2D eigenvalue weighted by atomic mass is 10.0. The minimum atomic E-state index is -0.270. The molecule has 1 N–H and O–H groups in total. The molecule has 0 aromatic heterocycles. The van der Waals surface area contributed by atoms with Crippen molar-refractivity contribution >= 4 is 16.7 Å². The van der Waals surface area contributed by atoms with Crippen LogP contribution in [0.15, 0.2) is 66.7 Å². The van der Waals surface area contributed by atoms with Gasteiger partial charge in [0.05, 0.1) is 6.04 Å². The molecule has 0 aliphatic rings. The number of nitrogens with one attached hydrogen (secondary N) is 1. The van der Waals surface area contributed by atoms with E-state index in [1.54, 1.807) is 12.1 Å². The number of carbonyl (C=O) groups is 1. The van der Waals surface area contributed by atoms with E-state index in [4.69, 9.17) is 0 Å². The Morgan fingerprint density at radius 2 is 1.71 bits per heavy atom. The summed E-state index contributed by atoms with van der Waals surface area (Å²) < 4.78 is 13.0. The van der Waals surface area contributed by atoms with Crippen molar-refractivity contribution < 1.29 is 9.18 Å². The molecule has 0 saturated carbocycles. The number of rotatable bonds is 5. The molecule has 0 aliphatic heterocycles. The van der Waals surface area contributed by atoms with Gasteiger partial charge in [0, 0.05) is 6.42 Å². The van der Waals surface area contributed by atoms with Crippen LogP contribution in [0.2, 0.25) is 0 Å². The Kier molecular flexibility index (Phi) is 4.90. The summed E-state index contributed by atoms with van der Waals surface area (Å²) in [5.41, 5.74) is 2.08. The van der Waals surface area contributed by atoms with Crippen molar-refractivity contribution in [1.29, 1.82) is 0 Å². The number of benzene rings is 3. The molecule has 0 spiro atoms. The van der Waals surface area contributed by atoms with Crippen LogP contribution >= 0.6 is 0 Å². The summed E-state index contributed by atoms with van der Waals surface area (Å²) >= 11 is 0. The summed E-state index contributed by atoms with van der Waals surface area (Å²) in [5, 5.41) is 5.36. The lowest BCUT2D eigenvalue weighted by Crippen LogP contribution is -2.26. The zero-order valence-electron chi connectivity index (χ0n) is 13.6. The fourth-order valence-electron chi connectivity index (χ4n) is 2.91. The zero-order valence-corrected chi connectivity index (χ0v) is 13.6. The normalized spacial score (nSPS) is 12.1. The smallest absolute Gasteiger partial charge is 0.220 e. The van der Waals surface area contributed by atoms with Crippen LogP contribution in [0.4, 0.5) is 4.39 Å². The van der Waals surface area contributed by atoms with Gasteiger partial charge in [-0.3, -0.25) is 4.79 Å². The van der Waals surface area contributed by atoms with Gasteiger partial charge in [0.1, 0.15) is 5.82 Å². The molecular formula is C21H20FNO. The lowest BCUT2D eigenvalue weighted by molar-refractivity contribution is -0.121. The number of carbonyl (C=O) groups excluding carboxylic acids is 1. The minimum Gasteiger partial charge on any atom is -0.350 e. The highest BCUT2D eigenvalue weighted by molar-refractivity contribution is 5.86. The van der Waals surface area contributed by atoms with E-state index in [2.05, 4.69) is 29.6 Å². The van der Waals surface area contributed by atoms with Gasteiger partial charge < -0.3 is 5.32 Å². The minimum absolute atomic E-state index is 0.000223. The molecule has 1 unspecified atom stereocenters. The molecule has 3 heteroatoms. The van der Waals surface area contributed by atoms with E-state index in [9.17, 15) is 9.18 Å². The zero-order chi connectivity index (χ0) is 16.9. The van der Waals surface area contributed by atoms with Crippen molar-refractivity contribution in [3.63, 3.8) is 0 Å². The van der Waals surface area contributed by atoms with Gasteiger partial charge >= 0.3 is 0 Å². The average molecular weight is 321 g/mol. The third-order valence-electron chi connectivity index (χ3n) is 4.25. The largest absolute Gasteiger partial charge is 0.350 e. The van der Waals surface area contributed by atoms with Crippen molar-refractivity contribution in [3.8, 4) is 0 Å². The second-order valence-corrected chi connectivity index (χ2v) is 5.98. The molecule has 1 atom stereocenters. The summed E-state index contributed by atoms with van der Waals surface area (Å²) in [7, 11) is 0. The fraction of sp³-hybridized carbons (Fsp3) is 0.190. The number of amides is 1. The van der Waals surface area contributed by atoms with Crippen LogP contribution in [0.5, 0.6) is 0 Å². The maximum absolute atomic E-state index is 13.0. The first-order chi connectivity index (χ1) is 11.6. The first-order valence-corrected chi connectivity index (χ1v) is 8.15. The van der Waals surface area contributed by atoms with Gasteiger partial charge in [-0.15, -0.1) is 0 Å². The van der Waals surface area contributed by atoms with E-state index in [1.165, 1.54) is 28.5 Å². The molecule has 0 saturated heterocycles. The Morgan fingerprint density at radius 1 is 1.00 bits per heavy atom. The van der Waals surface area contributed by atoms with Gasteiger partial charge in [-0.25, -0.2) is 4.39 Å². The Labute approximate surface area is 141 Å². The van der Waals surface area contributed by atoms with Crippen LogP contribution in [0, 0.1) is 5.82 Å². The molecule has 1 amide bonds. The van der Waals surface area contributed by atoms with Gasteiger partial charge in [-0.2, -0.15) is 0 Å². The monoisotopic (exact) mass is 321 g/mol. The molecule has 3 aromatic rings. The van der Waals surface area contributed by atoms with E-state index in [0.717, 1.165) is 5.56 Å². The number of halogens is 1. The molecule has 0 radical (unpaired) electrons. The maximum atomic E-state index is 13.0. The number of aryl methyl sites for hydroxylation is 1. The predicted octanol–water partition coefficient (Wildman–Crippen LogP) is 4.79. The molecule has 0 fully saturated rings. The molecular weight excluding hydrogens is 301 g/mol. The molecule has 2 nitrogen and oxygen atoms in total. The maximum Gasteiger partial charge on any atom is 0.220 e. The highest BCUT2D eigenvalue weighted by Crippen LogP contribution is 2.20. The van der Waals surface area contributed by atoms with Gasteiger partial charge in [-0.05, 0) is 47.4 Å². The standard InChI is InChI=1S/C21H20FNO/c1-15(16-9-12-19(22)13-10-16)23-21(24)14-11-18-7-4-6-17-5-2-3-8-20(17)18/h2-10,12-13,15H,11,14H2,1H3,(H,23,24). The van der Waals surface area contributed by atoms with Crippen LogP contribution in [-0.2, 0) is 11.2 Å². The van der Waals surface area contributed by atoms with Crippen LogP contribution < -0.4 is 5.32 Å². The summed E-state index contributed by atoms with van der Waals surface area (Å²) in [6.45, 7) is 1.91. The predicted molar refractivity (Wildman–Crippen MR) is 95.2 cm³/mol. The second-order valence-electron chi connectivity index (χ2n) is 5.98. The quantitative estimate of drug-likeness (QED) is 0.719. The molecule has 122 valence electrons. The molecule has 3 aromatic carbocycles. The summed E-state index contributed by atoms with van der Waals surface area (Å²) in [6.07, 6.45) is 1.13. The number of hydrogen-bond acceptors (Lipinski definition) is 1. The highest BCUT2D eigenvalue weighted by Gasteiger charge is 2.10. The first-order valence-electron chi connectivity index (χ1n) is 8.15. The molecule has 0 bridgehead atoms. The Balaban J connectivity index is 1.62. The fourth-order valence-corrected chi connectivity index (χ4v) is 2.91. The summed E-state index contributed by atoms with van der Waals surface area (Å²) in [6, 6.07) is 20.5. The lowest BCUT2D eigenvalue weighted by Gasteiger charge is -2.14. The summed E-state index contributed by atoms with van der Waals surface area (Å²) in [4.78, 5) is 12.2. The van der Waals surface area contributed by atoms with Crippen molar-refractivity contribution in [1.82, 2.24) is 5.32 Å². The van der Waals surface area contributed by atoms with E-state index >= 15 is 0 Å². The molecule has 24 heavy (non-hydrogen) atoms. The third kappa shape index (κ3) is 3.80. The van der Waals surface area contributed by atoms with Gasteiger partial charge in [-0.1, -0.05) is 54.6 Å². The van der Waals surface area contributed by atoms with Crippen molar-refractivity contribution in [3.05, 3.63) is 83.7 Å². The van der Waals surface area contributed by atoms with E-state index < -0.39 is 0 Å². The van der Waals surface area contributed by atoms with E-state index in [-0.39, 0.29) is 17.8 Å². The SMILES string of the molecule is CC(NC(=O)CCc1cccc2ccccc12)c1ccc(F)cc1. The van der Waals surface area contributed by atoms with Crippen molar-refractivity contribution in [2.45, 2.75) is 25.8 Å². The molecule has 0 heterocycles. The van der Waals surface area contributed by atoms with Gasteiger partial charge in [0.25, 0.3) is 0 Å². The topological polar surface area (TPSA) is 29.1 Å².